The molecule has 224 valence electrons. The van der Waals surface area contributed by atoms with Crippen LogP contribution in [0, 0.1) is 5.82 Å². The van der Waals surface area contributed by atoms with Crippen molar-refractivity contribution in [3.05, 3.63) is 65.7 Å². The summed E-state index contributed by atoms with van der Waals surface area (Å²) in [6.45, 7) is 1.89. The van der Waals surface area contributed by atoms with Crippen LogP contribution in [0.5, 0.6) is 0 Å². The van der Waals surface area contributed by atoms with Crippen molar-refractivity contribution < 1.29 is 18.6 Å². The van der Waals surface area contributed by atoms with Crippen molar-refractivity contribution in [1.29, 1.82) is 0 Å². The maximum Gasteiger partial charge on any atom is 0.378 e. The molecule has 0 spiro atoms. The third-order valence-corrected chi connectivity index (χ3v) is 7.17. The van der Waals surface area contributed by atoms with E-state index in [1.54, 1.807) is 29.1 Å². The second-order valence-corrected chi connectivity index (χ2v) is 10.8. The van der Waals surface area contributed by atoms with E-state index in [1.807, 2.05) is 54.8 Å². The highest BCUT2D eigenvalue weighted by Crippen LogP contribution is 2.23. The van der Waals surface area contributed by atoms with Gasteiger partial charge in [0.05, 0.1) is 51.2 Å². The van der Waals surface area contributed by atoms with Crippen molar-refractivity contribution in [2.45, 2.75) is 31.7 Å². The number of aromatic nitrogens is 3. The third kappa shape index (κ3) is 7.49. The van der Waals surface area contributed by atoms with E-state index in [4.69, 9.17) is 10.7 Å². The highest BCUT2D eigenvalue weighted by Gasteiger charge is 2.30. The van der Waals surface area contributed by atoms with Crippen LogP contribution in [0.1, 0.15) is 35.2 Å². The molecular weight excluding hydrogens is 537 g/mol. The van der Waals surface area contributed by atoms with Crippen LogP contribution in [0.4, 0.5) is 10.2 Å². The van der Waals surface area contributed by atoms with Crippen LogP contribution in [0.25, 0.3) is 11.3 Å². The number of anilines is 1. The minimum absolute atomic E-state index is 0.0608. The second kappa shape index (κ2) is 14.0. The molecule has 1 saturated heterocycles. The molecule has 3 heterocycles. The molecular formula is C30H41FN9O2+. The van der Waals surface area contributed by atoms with E-state index in [1.165, 1.54) is 12.1 Å². The lowest BCUT2D eigenvalue weighted by Crippen LogP contribution is -2.42. The Balaban J connectivity index is 1.55. The van der Waals surface area contributed by atoms with Gasteiger partial charge < -0.3 is 21.3 Å². The number of nitrogens with two attached hydrogens (primary N) is 1. The molecule has 4 N–H and O–H groups in total. The Bertz CT molecular complexity index is 1430. The first-order valence-electron chi connectivity index (χ1n) is 14.2. The van der Waals surface area contributed by atoms with Crippen molar-refractivity contribution in [1.82, 2.24) is 29.9 Å². The Morgan fingerprint density at radius 3 is 2.76 bits per heavy atom. The summed E-state index contributed by atoms with van der Waals surface area (Å²) in [5.74, 6) is 0.810. The van der Waals surface area contributed by atoms with Gasteiger partial charge >= 0.3 is 5.96 Å². The first kappa shape index (κ1) is 30.6. The number of nitrogens with one attached hydrogen (secondary N) is 2. The van der Waals surface area contributed by atoms with Gasteiger partial charge in [-0.3, -0.25) is 19.1 Å². The molecule has 3 aromatic rings. The Kier molecular flexibility index (Phi) is 10.2. The summed E-state index contributed by atoms with van der Waals surface area (Å²) in [6.07, 6.45) is 6.07. The van der Waals surface area contributed by atoms with E-state index in [-0.39, 0.29) is 23.7 Å². The largest absolute Gasteiger partial charge is 0.378 e. The number of halogens is 1. The quantitative estimate of drug-likeness (QED) is 0.180. The highest BCUT2D eigenvalue weighted by atomic mass is 19.1. The molecule has 11 nitrogen and oxygen atoms in total. The lowest BCUT2D eigenvalue weighted by Gasteiger charge is -2.25. The molecule has 0 unspecified atom stereocenters. The van der Waals surface area contributed by atoms with Gasteiger partial charge in [-0.15, -0.1) is 9.78 Å². The Morgan fingerprint density at radius 1 is 1.24 bits per heavy atom. The average Bonchev–Trinajstić information content (AvgIpc) is 3.56. The fourth-order valence-electron chi connectivity index (χ4n) is 5.21. The molecule has 2 amide bonds. The molecule has 1 fully saturated rings. The number of carbonyl (C=O) groups excluding carboxylic acids is 2. The lowest BCUT2D eigenvalue weighted by atomic mass is 10.1. The second-order valence-electron chi connectivity index (χ2n) is 10.8. The first-order chi connectivity index (χ1) is 20.2. The van der Waals surface area contributed by atoms with E-state index in [0.29, 0.717) is 62.5 Å². The summed E-state index contributed by atoms with van der Waals surface area (Å²) in [5, 5.41) is 10.8. The summed E-state index contributed by atoms with van der Waals surface area (Å²) in [4.78, 5) is 34.3. The summed E-state index contributed by atoms with van der Waals surface area (Å²) in [5.41, 5.74) is 8.31. The Morgan fingerprint density at radius 2 is 2.05 bits per heavy atom. The fourth-order valence-corrected chi connectivity index (χ4v) is 5.21. The van der Waals surface area contributed by atoms with Crippen molar-refractivity contribution >= 4 is 23.6 Å². The minimum atomic E-state index is -0.290. The van der Waals surface area contributed by atoms with E-state index in [2.05, 4.69) is 15.7 Å². The number of hydrogen-bond acceptors (Lipinski definition) is 6. The van der Waals surface area contributed by atoms with Crippen LogP contribution in [-0.2, 0) is 11.2 Å². The van der Waals surface area contributed by atoms with Crippen molar-refractivity contribution in [2.75, 3.05) is 59.7 Å². The van der Waals surface area contributed by atoms with Crippen LogP contribution in [0.3, 0.4) is 0 Å². The maximum absolute atomic E-state index is 13.7. The summed E-state index contributed by atoms with van der Waals surface area (Å²) in [7, 11) is 7.79. The number of hydrogen-bond donors (Lipinski definition) is 3. The van der Waals surface area contributed by atoms with E-state index in [9.17, 15) is 14.0 Å². The number of nitrogens with zero attached hydrogens (tertiary/aromatic N) is 6. The molecule has 12 heteroatoms. The molecule has 0 aliphatic carbocycles. The van der Waals surface area contributed by atoms with Crippen molar-refractivity contribution in [3.8, 4) is 11.3 Å². The average molecular weight is 579 g/mol. The number of benzene rings is 1. The van der Waals surface area contributed by atoms with Crippen LogP contribution in [0.2, 0.25) is 0 Å². The summed E-state index contributed by atoms with van der Waals surface area (Å²) in [6, 6.07) is 9.93. The first-order valence-corrected chi connectivity index (χ1v) is 14.2. The van der Waals surface area contributed by atoms with Gasteiger partial charge in [-0.25, -0.2) is 9.37 Å². The minimum Gasteiger partial charge on any atom is -0.369 e. The van der Waals surface area contributed by atoms with Crippen molar-refractivity contribution in [2.24, 2.45) is 5.73 Å². The SMILES string of the molecule is CN(C)C(n1cc(-c2ccc(C(=O)NC[C@H]3CCC(=O)N3CCCN)c(NCCc3cccc(F)c3)n2)cn1)=[N+](C)C. The monoisotopic (exact) mass is 578 g/mol. The zero-order valence-corrected chi connectivity index (χ0v) is 24.8. The maximum atomic E-state index is 13.7. The van der Waals surface area contributed by atoms with E-state index in [0.717, 1.165) is 23.5 Å². The normalized spacial score (nSPS) is 14.7. The predicted octanol–water partition coefficient (Wildman–Crippen LogP) is 1.85. The lowest BCUT2D eigenvalue weighted by molar-refractivity contribution is -0.472. The Labute approximate surface area is 246 Å². The Hall–Kier alpha value is -4.32. The molecule has 2 aromatic heterocycles. The predicted molar refractivity (Wildman–Crippen MR) is 161 cm³/mol. The highest BCUT2D eigenvalue weighted by molar-refractivity contribution is 5.99. The van der Waals surface area contributed by atoms with Crippen LogP contribution in [0.15, 0.2) is 48.8 Å². The topological polar surface area (TPSA) is 124 Å². The number of pyridine rings is 1. The molecule has 4 rings (SSSR count). The molecule has 1 atom stereocenters. The van der Waals surface area contributed by atoms with Gasteiger partial charge in [-0.1, -0.05) is 12.1 Å². The smallest absolute Gasteiger partial charge is 0.369 e. The molecule has 0 bridgehead atoms. The van der Waals surface area contributed by atoms with Gasteiger partial charge in [0, 0.05) is 32.1 Å². The summed E-state index contributed by atoms with van der Waals surface area (Å²) < 4.78 is 17.4. The van der Waals surface area contributed by atoms with Gasteiger partial charge in [-0.2, -0.15) is 0 Å². The van der Waals surface area contributed by atoms with Gasteiger partial charge in [0.15, 0.2) is 0 Å². The number of rotatable bonds is 11. The third-order valence-electron chi connectivity index (χ3n) is 7.17. The van der Waals surface area contributed by atoms with Crippen molar-refractivity contribution in [3.63, 3.8) is 0 Å². The number of amides is 2. The molecule has 1 aliphatic heterocycles. The molecule has 42 heavy (non-hydrogen) atoms. The zero-order valence-electron chi connectivity index (χ0n) is 24.8. The molecule has 1 aromatic carbocycles. The number of carbonyl (C=O) groups is 2. The number of likely N-dealkylation sites (tertiary alicyclic amines) is 1. The van der Waals surface area contributed by atoms with E-state index >= 15 is 0 Å². The molecule has 0 radical (unpaired) electrons. The summed E-state index contributed by atoms with van der Waals surface area (Å²) >= 11 is 0. The van der Waals surface area contributed by atoms with Crippen LogP contribution >= 0.6 is 0 Å². The van der Waals surface area contributed by atoms with Crippen LogP contribution < -0.4 is 16.4 Å². The fraction of sp³-hybridized carbons (Fsp3) is 0.433. The van der Waals surface area contributed by atoms with Gasteiger partial charge in [0.1, 0.15) is 17.8 Å². The van der Waals surface area contributed by atoms with Crippen LogP contribution in [-0.4, -0.2) is 107 Å². The van der Waals surface area contributed by atoms with E-state index < -0.39 is 0 Å². The standard InChI is InChI=1S/C30H40FN9O2/c1-37(2)30(38(3)4)40-20-22(18-35-40)26-11-10-25(28(36-26)33-15-13-21-7-5-8-23(31)17-21)29(42)34-19-24-9-12-27(41)39(24)16-6-14-32/h5,7-8,10-11,17-18,20,24H,6,9,12-16,19,32H2,1-4H3,(H-,33,34,36,42)/p+1/t24-/m1/s1. The zero-order chi connectivity index (χ0) is 30.2. The molecule has 1 aliphatic rings. The van der Waals surface area contributed by atoms with Gasteiger partial charge in [-0.05, 0) is 55.6 Å². The molecule has 0 saturated carbocycles. The van der Waals surface area contributed by atoms with Gasteiger partial charge in [0.2, 0.25) is 5.91 Å². The van der Waals surface area contributed by atoms with Gasteiger partial charge in [0.25, 0.3) is 5.91 Å².